The molecule has 0 unspecified atom stereocenters. The van der Waals surface area contributed by atoms with Crippen LogP contribution in [-0.2, 0) is 6.42 Å². The Labute approximate surface area is 168 Å². The van der Waals surface area contributed by atoms with Gasteiger partial charge in [0.25, 0.3) is 0 Å². The zero-order valence-electron chi connectivity index (χ0n) is 15.0. The van der Waals surface area contributed by atoms with E-state index in [-0.39, 0.29) is 5.82 Å². The molecule has 0 fully saturated rings. The first kappa shape index (κ1) is 20.7. The van der Waals surface area contributed by atoms with E-state index in [9.17, 15) is 4.39 Å². The number of hydrazine groups is 1. The lowest BCUT2D eigenvalue weighted by molar-refractivity contribution is 0.354. The van der Waals surface area contributed by atoms with E-state index >= 15 is 0 Å². The first-order chi connectivity index (χ1) is 13.0. The topological polar surface area (TPSA) is 66.6 Å². The zero-order chi connectivity index (χ0) is 19.6. The van der Waals surface area contributed by atoms with Crippen molar-refractivity contribution in [2.75, 3.05) is 26.1 Å². The Kier molecular flexibility index (Phi) is 8.02. The van der Waals surface area contributed by atoms with Gasteiger partial charge in [-0.3, -0.25) is 10.9 Å². The number of hydrogen-bond acceptors (Lipinski definition) is 4. The molecule has 0 heterocycles. The predicted molar refractivity (Wildman–Crippen MR) is 113 cm³/mol. The third-order valence-corrected chi connectivity index (χ3v) is 3.99. The summed E-state index contributed by atoms with van der Waals surface area (Å²) >= 11 is 10.3. The smallest absolute Gasteiger partial charge is 0.189 e. The van der Waals surface area contributed by atoms with Crippen LogP contribution in [0.5, 0.6) is 11.5 Å². The quantitative estimate of drug-likeness (QED) is 0.430. The van der Waals surface area contributed by atoms with Crippen molar-refractivity contribution in [3.05, 3.63) is 53.8 Å². The molecule has 0 atom stereocenters. The third-order valence-electron chi connectivity index (χ3n) is 3.54. The van der Waals surface area contributed by atoms with Gasteiger partial charge in [-0.1, -0.05) is 6.07 Å². The first-order valence-electron chi connectivity index (χ1n) is 8.09. The molecule has 0 aliphatic heterocycles. The molecule has 0 saturated heterocycles. The summed E-state index contributed by atoms with van der Waals surface area (Å²) in [6.45, 7) is 0.626. The van der Waals surface area contributed by atoms with E-state index in [0.29, 0.717) is 34.0 Å². The average Bonchev–Trinajstić information content (AvgIpc) is 2.68. The Bertz CT molecular complexity index is 787. The van der Waals surface area contributed by atoms with Crippen LogP contribution in [0.1, 0.15) is 5.56 Å². The van der Waals surface area contributed by atoms with Crippen molar-refractivity contribution in [2.24, 2.45) is 0 Å². The molecule has 27 heavy (non-hydrogen) atoms. The summed E-state index contributed by atoms with van der Waals surface area (Å²) in [5.41, 5.74) is 7.31. The lowest BCUT2D eigenvalue weighted by Gasteiger charge is -2.14. The van der Waals surface area contributed by atoms with Crippen LogP contribution < -0.4 is 31.0 Å². The number of halogens is 1. The summed E-state index contributed by atoms with van der Waals surface area (Å²) in [6, 6.07) is 11.6. The van der Waals surface area contributed by atoms with E-state index in [4.69, 9.17) is 33.9 Å². The van der Waals surface area contributed by atoms with Gasteiger partial charge in [0.15, 0.2) is 21.7 Å². The summed E-state index contributed by atoms with van der Waals surface area (Å²) in [4.78, 5) is 0. The Hall–Kier alpha value is -2.65. The van der Waals surface area contributed by atoms with Crippen LogP contribution in [0.15, 0.2) is 42.5 Å². The van der Waals surface area contributed by atoms with Gasteiger partial charge in [0.2, 0.25) is 0 Å². The van der Waals surface area contributed by atoms with Gasteiger partial charge in [0.1, 0.15) is 5.82 Å². The fourth-order valence-electron chi connectivity index (χ4n) is 2.21. The fourth-order valence-corrected chi connectivity index (χ4v) is 2.53. The summed E-state index contributed by atoms with van der Waals surface area (Å²) in [7, 11) is 3.21. The van der Waals surface area contributed by atoms with Gasteiger partial charge in [0.05, 0.1) is 14.2 Å². The van der Waals surface area contributed by atoms with Gasteiger partial charge < -0.3 is 20.1 Å². The molecule has 2 aromatic carbocycles. The Balaban J connectivity index is 1.70. The van der Waals surface area contributed by atoms with Gasteiger partial charge in [-0.05, 0) is 72.8 Å². The molecule has 9 heteroatoms. The lowest BCUT2D eigenvalue weighted by Crippen LogP contribution is -2.48. The number of thiocarbonyl (C=S) groups is 2. The van der Waals surface area contributed by atoms with E-state index in [1.807, 2.05) is 18.2 Å². The molecule has 4 N–H and O–H groups in total. The molecule has 0 spiro atoms. The minimum absolute atomic E-state index is 0.308. The highest BCUT2D eigenvalue weighted by Crippen LogP contribution is 2.27. The van der Waals surface area contributed by atoms with E-state index in [0.717, 1.165) is 12.0 Å². The molecule has 0 aliphatic rings. The second-order valence-corrected chi connectivity index (χ2v) is 6.22. The molecule has 0 bridgehead atoms. The van der Waals surface area contributed by atoms with Crippen LogP contribution in [0.4, 0.5) is 10.1 Å². The number of nitrogens with one attached hydrogen (secondary N) is 4. The minimum atomic E-state index is -0.308. The Morgan fingerprint density at radius 2 is 1.59 bits per heavy atom. The van der Waals surface area contributed by atoms with Crippen LogP contribution in [0.25, 0.3) is 0 Å². The number of rotatable bonds is 6. The molecule has 2 aromatic rings. The Morgan fingerprint density at radius 3 is 2.26 bits per heavy atom. The standard InChI is InChI=1S/C18H21FN4O2S2/c1-24-15-8-3-12(11-16(15)25-2)9-10-20-17(26)22-23-18(27)21-14-6-4-13(19)5-7-14/h3-8,11H,9-10H2,1-2H3,(H2,20,22,26)(H2,21,23,27). The molecule has 0 aromatic heterocycles. The van der Waals surface area contributed by atoms with Crippen molar-refractivity contribution in [1.82, 2.24) is 16.2 Å². The van der Waals surface area contributed by atoms with E-state index in [1.54, 1.807) is 26.4 Å². The molecule has 144 valence electrons. The van der Waals surface area contributed by atoms with Crippen molar-refractivity contribution in [1.29, 1.82) is 0 Å². The average molecular weight is 409 g/mol. The third kappa shape index (κ3) is 6.87. The van der Waals surface area contributed by atoms with Crippen LogP contribution in [-0.4, -0.2) is 31.0 Å². The second-order valence-electron chi connectivity index (χ2n) is 5.41. The maximum absolute atomic E-state index is 12.9. The summed E-state index contributed by atoms with van der Waals surface area (Å²) in [5.74, 6) is 1.07. The number of ether oxygens (including phenoxy) is 2. The summed E-state index contributed by atoms with van der Waals surface area (Å²) in [5, 5.41) is 6.69. The fraction of sp³-hybridized carbons (Fsp3) is 0.222. The number of anilines is 1. The van der Waals surface area contributed by atoms with Gasteiger partial charge in [-0.2, -0.15) is 0 Å². The zero-order valence-corrected chi connectivity index (χ0v) is 16.6. The van der Waals surface area contributed by atoms with Crippen molar-refractivity contribution >= 4 is 40.3 Å². The predicted octanol–water partition coefficient (Wildman–Crippen LogP) is 2.75. The highest BCUT2D eigenvalue weighted by atomic mass is 32.1. The molecular formula is C18H21FN4O2S2. The highest BCUT2D eigenvalue weighted by Gasteiger charge is 2.05. The van der Waals surface area contributed by atoms with Crippen LogP contribution in [0.3, 0.4) is 0 Å². The van der Waals surface area contributed by atoms with Gasteiger partial charge >= 0.3 is 0 Å². The highest BCUT2D eigenvalue weighted by molar-refractivity contribution is 7.80. The van der Waals surface area contributed by atoms with Gasteiger partial charge in [0, 0.05) is 12.2 Å². The van der Waals surface area contributed by atoms with Crippen molar-refractivity contribution in [3.63, 3.8) is 0 Å². The van der Waals surface area contributed by atoms with Crippen LogP contribution in [0, 0.1) is 5.82 Å². The molecule has 0 aliphatic carbocycles. The molecule has 0 amide bonds. The normalized spacial score (nSPS) is 9.89. The minimum Gasteiger partial charge on any atom is -0.493 e. The molecule has 0 radical (unpaired) electrons. The number of benzene rings is 2. The second kappa shape index (κ2) is 10.5. The molecule has 2 rings (SSSR count). The van der Waals surface area contributed by atoms with E-state index in [1.165, 1.54) is 12.1 Å². The molecular weight excluding hydrogens is 387 g/mol. The van der Waals surface area contributed by atoms with E-state index in [2.05, 4.69) is 21.5 Å². The van der Waals surface area contributed by atoms with Crippen LogP contribution in [0.2, 0.25) is 0 Å². The van der Waals surface area contributed by atoms with Crippen molar-refractivity contribution in [2.45, 2.75) is 6.42 Å². The molecule has 0 saturated carbocycles. The van der Waals surface area contributed by atoms with Crippen molar-refractivity contribution < 1.29 is 13.9 Å². The Morgan fingerprint density at radius 1 is 0.926 bits per heavy atom. The van der Waals surface area contributed by atoms with Crippen LogP contribution >= 0.6 is 24.4 Å². The largest absolute Gasteiger partial charge is 0.493 e. The number of hydrogen-bond donors (Lipinski definition) is 4. The maximum atomic E-state index is 12.9. The summed E-state index contributed by atoms with van der Waals surface area (Å²) < 4.78 is 23.4. The molecule has 6 nitrogen and oxygen atoms in total. The first-order valence-corrected chi connectivity index (χ1v) is 8.90. The maximum Gasteiger partial charge on any atom is 0.189 e. The monoisotopic (exact) mass is 408 g/mol. The van der Waals surface area contributed by atoms with Gasteiger partial charge in [-0.15, -0.1) is 0 Å². The van der Waals surface area contributed by atoms with E-state index < -0.39 is 0 Å². The SMILES string of the molecule is COc1ccc(CCNC(=S)NNC(=S)Nc2ccc(F)cc2)cc1OC. The van der Waals surface area contributed by atoms with Crippen molar-refractivity contribution in [3.8, 4) is 11.5 Å². The summed E-state index contributed by atoms with van der Waals surface area (Å²) in [6.07, 6.45) is 0.750. The lowest BCUT2D eigenvalue weighted by atomic mass is 10.1. The van der Waals surface area contributed by atoms with Gasteiger partial charge in [-0.25, -0.2) is 4.39 Å². The number of methoxy groups -OCH3 is 2.